The Labute approximate surface area is 113 Å². The number of aliphatic hydroxyl groups is 1. The van der Waals surface area contributed by atoms with Crippen molar-refractivity contribution in [2.45, 2.75) is 44.5 Å². The molecule has 0 radical (unpaired) electrons. The molecule has 2 aliphatic rings. The molecule has 2 heterocycles. The molecular weight excluding hydrogens is 250 g/mol. The molecule has 2 rings (SSSR count). The summed E-state index contributed by atoms with van der Waals surface area (Å²) < 4.78 is 16.6. The second-order valence-corrected chi connectivity index (χ2v) is 6.25. The molecule has 2 saturated heterocycles. The zero-order valence-electron chi connectivity index (χ0n) is 11.8. The summed E-state index contributed by atoms with van der Waals surface area (Å²) in [6.45, 7) is 7.40. The van der Waals surface area contributed by atoms with Crippen molar-refractivity contribution < 1.29 is 24.1 Å². The lowest BCUT2D eigenvalue weighted by atomic mass is 9.98. The first kappa shape index (κ1) is 14.6. The topological polar surface area (TPSA) is 68.2 Å². The fraction of sp³-hybridized carbons (Fsp3) is 0.923. The Hall–Kier alpha value is -0.850. The van der Waals surface area contributed by atoms with Gasteiger partial charge in [-0.15, -0.1) is 0 Å². The van der Waals surface area contributed by atoms with E-state index in [1.165, 1.54) is 0 Å². The fourth-order valence-corrected chi connectivity index (χ4v) is 2.46. The highest BCUT2D eigenvalue weighted by Gasteiger charge is 2.46. The molecule has 0 bridgehead atoms. The summed E-state index contributed by atoms with van der Waals surface area (Å²) in [7, 11) is 0. The summed E-state index contributed by atoms with van der Waals surface area (Å²) in [5.74, 6) is 0. The van der Waals surface area contributed by atoms with Crippen molar-refractivity contribution in [1.82, 2.24) is 4.90 Å². The van der Waals surface area contributed by atoms with Gasteiger partial charge in [-0.25, -0.2) is 4.79 Å². The van der Waals surface area contributed by atoms with Gasteiger partial charge >= 0.3 is 6.09 Å². The van der Waals surface area contributed by atoms with Crippen LogP contribution in [0, 0.1) is 0 Å². The van der Waals surface area contributed by atoms with Gasteiger partial charge in [0.25, 0.3) is 0 Å². The summed E-state index contributed by atoms with van der Waals surface area (Å²) in [6.07, 6.45) is 0.101. The summed E-state index contributed by atoms with van der Waals surface area (Å²) in [5.41, 5.74) is -0.981. The number of aliphatic hydroxyl groups excluding tert-OH is 1. The largest absolute Gasteiger partial charge is 0.444 e. The number of amides is 1. The van der Waals surface area contributed by atoms with Crippen molar-refractivity contribution in [3.8, 4) is 0 Å². The van der Waals surface area contributed by atoms with Crippen LogP contribution in [-0.2, 0) is 14.2 Å². The Bertz CT molecular complexity index is 340. The van der Waals surface area contributed by atoms with Crippen molar-refractivity contribution >= 4 is 6.09 Å². The zero-order chi connectivity index (χ0) is 14.1. The molecule has 0 aromatic heterocycles. The van der Waals surface area contributed by atoms with E-state index >= 15 is 0 Å². The molecule has 2 aliphatic heterocycles. The predicted molar refractivity (Wildman–Crippen MR) is 67.9 cm³/mol. The molecule has 1 spiro atoms. The van der Waals surface area contributed by atoms with E-state index in [0.717, 1.165) is 0 Å². The fourth-order valence-electron chi connectivity index (χ4n) is 2.46. The van der Waals surface area contributed by atoms with Gasteiger partial charge in [-0.2, -0.15) is 0 Å². The maximum Gasteiger partial charge on any atom is 0.410 e. The minimum absolute atomic E-state index is 0.0163. The van der Waals surface area contributed by atoms with Crippen LogP contribution >= 0.6 is 0 Å². The number of carbonyl (C=O) groups is 1. The van der Waals surface area contributed by atoms with Gasteiger partial charge in [-0.3, -0.25) is 0 Å². The van der Waals surface area contributed by atoms with E-state index in [1.807, 2.05) is 20.8 Å². The molecular formula is C13H23NO5. The third kappa shape index (κ3) is 3.58. The van der Waals surface area contributed by atoms with E-state index in [1.54, 1.807) is 4.90 Å². The van der Waals surface area contributed by atoms with Gasteiger partial charge in [0.2, 0.25) is 0 Å². The normalized spacial score (nSPS) is 31.8. The lowest BCUT2D eigenvalue weighted by Crippen LogP contribution is -2.55. The second-order valence-electron chi connectivity index (χ2n) is 6.25. The summed E-state index contributed by atoms with van der Waals surface area (Å²) in [6, 6.07) is 0. The molecule has 2 atom stereocenters. The Morgan fingerprint density at radius 3 is 2.84 bits per heavy atom. The molecule has 0 aliphatic carbocycles. The van der Waals surface area contributed by atoms with Crippen LogP contribution in [-0.4, -0.2) is 66.3 Å². The molecule has 6 heteroatoms. The molecule has 0 unspecified atom stereocenters. The van der Waals surface area contributed by atoms with Crippen LogP contribution in [0.2, 0.25) is 0 Å². The van der Waals surface area contributed by atoms with E-state index in [-0.39, 0.29) is 18.8 Å². The zero-order valence-corrected chi connectivity index (χ0v) is 11.8. The summed E-state index contributed by atoms with van der Waals surface area (Å²) >= 11 is 0. The highest BCUT2D eigenvalue weighted by molar-refractivity contribution is 5.68. The standard InChI is InChI=1S/C13H23NO5/c1-12(2,3)19-11(16)14-4-5-18-13(8-14)6-10(7-15)17-9-13/h10,15H,4-9H2,1-3H3/t10-,13-/m1/s1. The monoisotopic (exact) mass is 273 g/mol. The number of ether oxygens (including phenoxy) is 3. The average Bonchev–Trinajstić information content (AvgIpc) is 2.70. The SMILES string of the molecule is CC(C)(C)OC(=O)N1CCO[C@@]2(CO[C@@H](CO)C2)C1. The van der Waals surface area contributed by atoms with Crippen LogP contribution in [0.1, 0.15) is 27.2 Å². The molecule has 0 saturated carbocycles. The van der Waals surface area contributed by atoms with Crippen LogP contribution in [0.3, 0.4) is 0 Å². The van der Waals surface area contributed by atoms with Gasteiger partial charge in [-0.05, 0) is 20.8 Å². The third-order valence-corrected chi connectivity index (χ3v) is 3.29. The van der Waals surface area contributed by atoms with Gasteiger partial charge in [0.05, 0.1) is 32.5 Å². The molecule has 19 heavy (non-hydrogen) atoms. The number of carbonyl (C=O) groups excluding carboxylic acids is 1. The van der Waals surface area contributed by atoms with Crippen LogP contribution in [0.5, 0.6) is 0 Å². The van der Waals surface area contributed by atoms with Crippen LogP contribution < -0.4 is 0 Å². The van der Waals surface area contributed by atoms with Gasteiger partial charge in [0.15, 0.2) is 0 Å². The minimum atomic E-state index is -0.498. The molecule has 6 nitrogen and oxygen atoms in total. The van der Waals surface area contributed by atoms with Crippen LogP contribution in [0.15, 0.2) is 0 Å². The smallest absolute Gasteiger partial charge is 0.410 e. The summed E-state index contributed by atoms with van der Waals surface area (Å²) in [5, 5.41) is 9.12. The number of nitrogens with zero attached hydrogens (tertiary/aromatic N) is 1. The molecule has 2 fully saturated rings. The predicted octanol–water partition coefficient (Wildman–Crippen LogP) is 0.774. The van der Waals surface area contributed by atoms with E-state index < -0.39 is 11.2 Å². The Morgan fingerprint density at radius 2 is 2.26 bits per heavy atom. The van der Waals surface area contributed by atoms with E-state index in [2.05, 4.69) is 0 Å². The third-order valence-electron chi connectivity index (χ3n) is 3.29. The molecule has 0 aromatic carbocycles. The lowest BCUT2D eigenvalue weighted by molar-refractivity contribution is -0.108. The molecule has 0 aromatic rings. The van der Waals surface area contributed by atoms with E-state index in [4.69, 9.17) is 19.3 Å². The molecule has 1 N–H and O–H groups in total. The van der Waals surface area contributed by atoms with Crippen molar-refractivity contribution in [3.05, 3.63) is 0 Å². The Morgan fingerprint density at radius 1 is 1.53 bits per heavy atom. The van der Waals surface area contributed by atoms with Crippen molar-refractivity contribution in [1.29, 1.82) is 0 Å². The molecule has 1 amide bonds. The highest BCUT2D eigenvalue weighted by atomic mass is 16.6. The van der Waals surface area contributed by atoms with Gasteiger partial charge < -0.3 is 24.2 Å². The van der Waals surface area contributed by atoms with E-state index in [0.29, 0.717) is 32.7 Å². The van der Waals surface area contributed by atoms with Crippen molar-refractivity contribution in [2.75, 3.05) is 32.9 Å². The van der Waals surface area contributed by atoms with Crippen molar-refractivity contribution in [3.63, 3.8) is 0 Å². The van der Waals surface area contributed by atoms with Crippen molar-refractivity contribution in [2.24, 2.45) is 0 Å². The quantitative estimate of drug-likeness (QED) is 0.764. The number of morpholine rings is 1. The maximum absolute atomic E-state index is 12.1. The number of hydrogen-bond acceptors (Lipinski definition) is 5. The Kier molecular flexibility index (Phi) is 4.03. The van der Waals surface area contributed by atoms with Crippen LogP contribution in [0.25, 0.3) is 0 Å². The van der Waals surface area contributed by atoms with Crippen LogP contribution in [0.4, 0.5) is 4.79 Å². The first-order valence-electron chi connectivity index (χ1n) is 6.68. The highest BCUT2D eigenvalue weighted by Crippen LogP contribution is 2.31. The number of rotatable bonds is 1. The molecule has 110 valence electrons. The Balaban J connectivity index is 1.96. The van der Waals surface area contributed by atoms with Gasteiger partial charge in [0, 0.05) is 13.0 Å². The van der Waals surface area contributed by atoms with Gasteiger partial charge in [-0.1, -0.05) is 0 Å². The van der Waals surface area contributed by atoms with E-state index in [9.17, 15) is 4.79 Å². The first-order valence-corrected chi connectivity index (χ1v) is 6.68. The average molecular weight is 273 g/mol. The first-order chi connectivity index (χ1) is 8.84. The minimum Gasteiger partial charge on any atom is -0.444 e. The maximum atomic E-state index is 12.1. The lowest BCUT2D eigenvalue weighted by Gasteiger charge is -2.39. The number of hydrogen-bond donors (Lipinski definition) is 1. The summed E-state index contributed by atoms with van der Waals surface area (Å²) in [4.78, 5) is 13.7. The van der Waals surface area contributed by atoms with Gasteiger partial charge in [0.1, 0.15) is 11.2 Å². The second kappa shape index (κ2) is 5.26.